The Bertz CT molecular complexity index is 240. The molecule has 1 saturated heterocycles. The Morgan fingerprint density at radius 2 is 2.13 bits per heavy atom. The summed E-state index contributed by atoms with van der Waals surface area (Å²) in [5.41, 5.74) is -0.607. The molecule has 0 aromatic carbocycles. The lowest BCUT2D eigenvalue weighted by Gasteiger charge is -2.28. The van der Waals surface area contributed by atoms with Gasteiger partial charge in [-0.25, -0.2) is 0 Å². The molecule has 4 heteroatoms. The summed E-state index contributed by atoms with van der Waals surface area (Å²) in [7, 11) is 1.41. The Morgan fingerprint density at radius 1 is 1.53 bits per heavy atom. The molecule has 0 aliphatic carbocycles. The monoisotopic (exact) mass is 215 g/mol. The van der Waals surface area contributed by atoms with Gasteiger partial charge in [-0.15, -0.1) is 0 Å². The average Bonchev–Trinajstić information content (AvgIpc) is 2.55. The Hall–Kier alpha value is -0.610. The molecule has 0 bridgehead atoms. The van der Waals surface area contributed by atoms with Gasteiger partial charge in [-0.1, -0.05) is 6.92 Å². The number of likely N-dealkylation sites (tertiary alicyclic amines) is 1. The molecule has 4 nitrogen and oxygen atoms in total. The highest BCUT2D eigenvalue weighted by atomic mass is 16.5. The van der Waals surface area contributed by atoms with Crippen LogP contribution in [0.25, 0.3) is 0 Å². The number of hydrogen-bond donors (Lipinski definition) is 1. The van der Waals surface area contributed by atoms with Crippen molar-refractivity contribution in [2.45, 2.75) is 38.8 Å². The van der Waals surface area contributed by atoms with E-state index in [1.54, 1.807) is 0 Å². The molecule has 15 heavy (non-hydrogen) atoms. The number of nitrogens with zero attached hydrogens (tertiary/aromatic N) is 1. The van der Waals surface area contributed by atoms with Gasteiger partial charge in [0.15, 0.2) is 0 Å². The lowest BCUT2D eigenvalue weighted by atomic mass is 10.0. The average molecular weight is 215 g/mol. The molecule has 0 spiro atoms. The van der Waals surface area contributed by atoms with Crippen LogP contribution in [0, 0.1) is 5.92 Å². The van der Waals surface area contributed by atoms with E-state index in [4.69, 9.17) is 4.74 Å². The molecule has 1 fully saturated rings. The zero-order valence-electron chi connectivity index (χ0n) is 9.99. The van der Waals surface area contributed by atoms with E-state index in [9.17, 15) is 9.90 Å². The molecule has 0 aromatic rings. The highest BCUT2D eigenvalue weighted by Crippen LogP contribution is 2.25. The Kier molecular flexibility index (Phi) is 3.73. The fourth-order valence-corrected chi connectivity index (χ4v) is 2.03. The molecule has 0 saturated carbocycles. The van der Waals surface area contributed by atoms with E-state index in [0.29, 0.717) is 6.54 Å². The number of carbonyl (C=O) groups is 1. The van der Waals surface area contributed by atoms with Gasteiger partial charge in [-0.05, 0) is 20.3 Å². The molecule has 1 N–H and O–H groups in total. The van der Waals surface area contributed by atoms with Crippen LogP contribution < -0.4 is 0 Å². The van der Waals surface area contributed by atoms with Gasteiger partial charge < -0.3 is 9.84 Å². The largest absolute Gasteiger partial charge is 0.469 e. The number of methoxy groups -OCH3 is 1. The first-order valence-corrected chi connectivity index (χ1v) is 5.41. The van der Waals surface area contributed by atoms with Gasteiger partial charge in [0.25, 0.3) is 0 Å². The van der Waals surface area contributed by atoms with Crippen LogP contribution in [0.5, 0.6) is 0 Å². The predicted molar refractivity (Wildman–Crippen MR) is 57.5 cm³/mol. The maximum Gasteiger partial charge on any atom is 0.309 e. The van der Waals surface area contributed by atoms with Crippen LogP contribution in [0.1, 0.15) is 27.2 Å². The molecular formula is C11H21NO3. The fourth-order valence-electron chi connectivity index (χ4n) is 2.03. The van der Waals surface area contributed by atoms with E-state index >= 15 is 0 Å². The van der Waals surface area contributed by atoms with Crippen molar-refractivity contribution in [2.24, 2.45) is 5.92 Å². The SMILES string of the molecule is COC(=O)C(C)C(C)N1CCC(C)(O)C1. The van der Waals surface area contributed by atoms with Gasteiger partial charge in [0.05, 0.1) is 18.6 Å². The smallest absolute Gasteiger partial charge is 0.309 e. The van der Waals surface area contributed by atoms with Gasteiger partial charge >= 0.3 is 5.97 Å². The van der Waals surface area contributed by atoms with Crippen LogP contribution in [0.4, 0.5) is 0 Å². The van der Waals surface area contributed by atoms with Crippen molar-refractivity contribution in [3.05, 3.63) is 0 Å². The molecule has 1 heterocycles. The zero-order valence-corrected chi connectivity index (χ0v) is 9.99. The molecule has 1 rings (SSSR count). The van der Waals surface area contributed by atoms with Crippen LogP contribution >= 0.6 is 0 Å². The van der Waals surface area contributed by atoms with Gasteiger partial charge in [-0.2, -0.15) is 0 Å². The summed E-state index contributed by atoms with van der Waals surface area (Å²) in [6.07, 6.45) is 0.769. The summed E-state index contributed by atoms with van der Waals surface area (Å²) >= 11 is 0. The first-order chi connectivity index (χ1) is 6.87. The van der Waals surface area contributed by atoms with E-state index in [1.165, 1.54) is 7.11 Å². The third-order valence-corrected chi connectivity index (χ3v) is 3.35. The van der Waals surface area contributed by atoms with E-state index in [0.717, 1.165) is 13.0 Å². The lowest BCUT2D eigenvalue weighted by Crippen LogP contribution is -2.41. The third kappa shape index (κ3) is 2.92. The molecular weight excluding hydrogens is 194 g/mol. The lowest BCUT2D eigenvalue weighted by molar-refractivity contribution is -0.147. The quantitative estimate of drug-likeness (QED) is 0.702. The highest BCUT2D eigenvalue weighted by Gasteiger charge is 2.36. The number of rotatable bonds is 3. The first kappa shape index (κ1) is 12.5. The van der Waals surface area contributed by atoms with Crippen molar-refractivity contribution in [3.63, 3.8) is 0 Å². The van der Waals surface area contributed by atoms with E-state index < -0.39 is 5.60 Å². The van der Waals surface area contributed by atoms with Crippen molar-refractivity contribution in [1.82, 2.24) is 4.90 Å². The number of aliphatic hydroxyl groups is 1. The van der Waals surface area contributed by atoms with Crippen LogP contribution in [-0.4, -0.2) is 47.8 Å². The Balaban J connectivity index is 2.55. The van der Waals surface area contributed by atoms with Crippen LogP contribution in [0.2, 0.25) is 0 Å². The summed E-state index contributed by atoms with van der Waals surface area (Å²) in [5.74, 6) is -0.335. The molecule has 0 aromatic heterocycles. The van der Waals surface area contributed by atoms with Crippen LogP contribution in [0.15, 0.2) is 0 Å². The van der Waals surface area contributed by atoms with Gasteiger partial charge in [0, 0.05) is 19.1 Å². The number of hydrogen-bond acceptors (Lipinski definition) is 4. The fraction of sp³-hybridized carbons (Fsp3) is 0.909. The molecule has 3 unspecified atom stereocenters. The first-order valence-electron chi connectivity index (χ1n) is 5.41. The summed E-state index contributed by atoms with van der Waals surface area (Å²) in [6, 6.07) is 0.117. The Labute approximate surface area is 91.2 Å². The van der Waals surface area contributed by atoms with Gasteiger partial charge in [0.2, 0.25) is 0 Å². The maximum atomic E-state index is 11.4. The normalized spacial score (nSPS) is 31.3. The standard InChI is InChI=1S/C11H21NO3/c1-8(10(13)15-4)9(2)12-6-5-11(3,14)7-12/h8-9,14H,5-7H2,1-4H3. The number of β-amino-alcohol motifs (C(OH)–C–C–N with tert-alkyl or cyclic N) is 1. The molecule has 1 aliphatic heterocycles. The minimum absolute atomic E-state index is 0.117. The molecule has 0 radical (unpaired) electrons. The van der Waals surface area contributed by atoms with E-state index in [1.807, 2.05) is 20.8 Å². The highest BCUT2D eigenvalue weighted by molar-refractivity contribution is 5.72. The summed E-state index contributed by atoms with van der Waals surface area (Å²) in [6.45, 7) is 7.18. The van der Waals surface area contributed by atoms with Crippen molar-refractivity contribution in [3.8, 4) is 0 Å². The number of ether oxygens (including phenoxy) is 1. The summed E-state index contributed by atoms with van der Waals surface area (Å²) in [5, 5.41) is 9.83. The number of carbonyl (C=O) groups excluding carboxylic acids is 1. The second kappa shape index (κ2) is 4.49. The molecule has 88 valence electrons. The van der Waals surface area contributed by atoms with Crippen molar-refractivity contribution in [2.75, 3.05) is 20.2 Å². The summed E-state index contributed by atoms with van der Waals surface area (Å²) < 4.78 is 4.72. The van der Waals surface area contributed by atoms with Crippen LogP contribution in [0.3, 0.4) is 0 Å². The second-order valence-electron chi connectivity index (χ2n) is 4.77. The van der Waals surface area contributed by atoms with Gasteiger partial charge in [0.1, 0.15) is 0 Å². The van der Waals surface area contributed by atoms with E-state index in [2.05, 4.69) is 4.90 Å². The second-order valence-corrected chi connectivity index (χ2v) is 4.77. The zero-order chi connectivity index (χ0) is 11.6. The van der Waals surface area contributed by atoms with Crippen molar-refractivity contribution in [1.29, 1.82) is 0 Å². The molecule has 1 aliphatic rings. The van der Waals surface area contributed by atoms with Crippen molar-refractivity contribution < 1.29 is 14.6 Å². The molecule has 3 atom stereocenters. The van der Waals surface area contributed by atoms with Crippen LogP contribution in [-0.2, 0) is 9.53 Å². The van der Waals surface area contributed by atoms with Gasteiger partial charge in [-0.3, -0.25) is 9.69 Å². The summed E-state index contributed by atoms with van der Waals surface area (Å²) in [4.78, 5) is 13.5. The third-order valence-electron chi connectivity index (χ3n) is 3.35. The van der Waals surface area contributed by atoms with E-state index in [-0.39, 0.29) is 17.9 Å². The molecule has 0 amide bonds. The predicted octanol–water partition coefficient (Wildman–Crippen LogP) is 0.641. The minimum Gasteiger partial charge on any atom is -0.469 e. The maximum absolute atomic E-state index is 11.4. The topological polar surface area (TPSA) is 49.8 Å². The number of esters is 1. The minimum atomic E-state index is -0.607. The van der Waals surface area contributed by atoms with Crippen molar-refractivity contribution >= 4 is 5.97 Å². The Morgan fingerprint density at radius 3 is 2.53 bits per heavy atom.